The van der Waals surface area contributed by atoms with Crippen molar-refractivity contribution in [3.8, 4) is 0 Å². The lowest BCUT2D eigenvalue weighted by molar-refractivity contribution is 0.0530. The molecular formula is C20H26N6O2S. The van der Waals surface area contributed by atoms with E-state index in [-0.39, 0.29) is 11.9 Å². The Morgan fingerprint density at radius 3 is 2.86 bits per heavy atom. The van der Waals surface area contributed by atoms with E-state index in [1.54, 1.807) is 26.4 Å². The molecule has 29 heavy (non-hydrogen) atoms. The number of fused-ring (bicyclic) bond motifs is 1. The average Bonchev–Trinajstić information content (AvgIpc) is 3.26. The van der Waals surface area contributed by atoms with Gasteiger partial charge in [0.15, 0.2) is 11.5 Å². The second-order valence-electron chi connectivity index (χ2n) is 6.99. The highest BCUT2D eigenvalue weighted by Gasteiger charge is 2.20. The van der Waals surface area contributed by atoms with Crippen LogP contribution >= 0.6 is 11.3 Å². The third kappa shape index (κ3) is 4.41. The molecule has 0 radical (unpaired) electrons. The number of anilines is 2. The second kappa shape index (κ2) is 8.62. The summed E-state index contributed by atoms with van der Waals surface area (Å²) in [4.78, 5) is 21.9. The summed E-state index contributed by atoms with van der Waals surface area (Å²) >= 11 is 1.36. The van der Waals surface area contributed by atoms with Gasteiger partial charge >= 0.3 is 5.97 Å². The molecule has 0 atom stereocenters. The fourth-order valence-corrected chi connectivity index (χ4v) is 4.15. The molecular weight excluding hydrogens is 388 g/mol. The van der Waals surface area contributed by atoms with Crippen LogP contribution in [0.25, 0.3) is 11.2 Å². The predicted molar refractivity (Wildman–Crippen MR) is 116 cm³/mol. The van der Waals surface area contributed by atoms with Crippen LogP contribution in [0.2, 0.25) is 0 Å². The van der Waals surface area contributed by atoms with E-state index in [1.165, 1.54) is 16.3 Å². The number of aromatic nitrogens is 3. The van der Waals surface area contributed by atoms with Gasteiger partial charge in [0.2, 0.25) is 0 Å². The standard InChI is InChI=1S/C20H26N6O2S/c1-6-28-20(27)17-14(12(2)3)9-16(29-17)24-18-19-23-10-15(13(4)11-25(5)21)26(19)8-7-22-18/h7-12H,6,21H2,1-5H3,(H,22,24)/b13-11+. The van der Waals surface area contributed by atoms with Crippen LogP contribution in [-0.4, -0.2) is 39.0 Å². The topological polar surface area (TPSA) is 97.8 Å². The maximum absolute atomic E-state index is 12.3. The fourth-order valence-electron chi connectivity index (χ4n) is 3.04. The quantitative estimate of drug-likeness (QED) is 0.342. The monoisotopic (exact) mass is 414 g/mol. The number of hydrogen-bond donors (Lipinski definition) is 2. The number of carbonyl (C=O) groups excluding carboxylic acids is 1. The van der Waals surface area contributed by atoms with Crippen LogP contribution in [0.1, 0.15) is 54.5 Å². The highest BCUT2D eigenvalue weighted by molar-refractivity contribution is 7.18. The number of imidazole rings is 1. The zero-order valence-electron chi connectivity index (χ0n) is 17.3. The molecule has 3 N–H and O–H groups in total. The molecule has 0 aliphatic carbocycles. The molecule has 154 valence electrons. The van der Waals surface area contributed by atoms with Crippen LogP contribution in [0.3, 0.4) is 0 Å². The van der Waals surface area contributed by atoms with E-state index < -0.39 is 0 Å². The summed E-state index contributed by atoms with van der Waals surface area (Å²) in [7, 11) is 1.77. The molecule has 0 fully saturated rings. The summed E-state index contributed by atoms with van der Waals surface area (Å²) in [5.41, 5.74) is 3.54. The largest absolute Gasteiger partial charge is 0.462 e. The van der Waals surface area contributed by atoms with Gasteiger partial charge in [-0.3, -0.25) is 4.40 Å². The van der Waals surface area contributed by atoms with Crippen molar-refractivity contribution in [3.05, 3.63) is 47.0 Å². The first-order valence-electron chi connectivity index (χ1n) is 9.38. The Balaban J connectivity index is 1.98. The number of esters is 1. The van der Waals surface area contributed by atoms with Gasteiger partial charge in [0, 0.05) is 25.6 Å². The molecule has 0 spiro atoms. The maximum atomic E-state index is 12.3. The molecule has 0 amide bonds. The van der Waals surface area contributed by atoms with Crippen LogP contribution in [0.4, 0.5) is 10.8 Å². The molecule has 0 unspecified atom stereocenters. The highest BCUT2D eigenvalue weighted by atomic mass is 32.1. The zero-order chi connectivity index (χ0) is 21.1. The summed E-state index contributed by atoms with van der Waals surface area (Å²) in [6.07, 6.45) is 7.18. The Bertz CT molecular complexity index is 1050. The molecule has 0 saturated carbocycles. The van der Waals surface area contributed by atoms with Gasteiger partial charge < -0.3 is 15.1 Å². The molecule has 0 aromatic carbocycles. The van der Waals surface area contributed by atoms with Crippen LogP contribution in [0, 0.1) is 0 Å². The highest BCUT2D eigenvalue weighted by Crippen LogP contribution is 2.35. The Kier molecular flexibility index (Phi) is 6.19. The number of carbonyl (C=O) groups is 1. The average molecular weight is 415 g/mol. The number of nitrogens with one attached hydrogen (secondary N) is 1. The lowest BCUT2D eigenvalue weighted by atomic mass is 10.0. The van der Waals surface area contributed by atoms with Gasteiger partial charge in [-0.2, -0.15) is 0 Å². The van der Waals surface area contributed by atoms with Crippen molar-refractivity contribution in [2.45, 2.75) is 33.6 Å². The van der Waals surface area contributed by atoms with Gasteiger partial charge in [0.05, 0.1) is 23.5 Å². The molecule has 3 rings (SSSR count). The van der Waals surface area contributed by atoms with Gasteiger partial charge in [0.25, 0.3) is 0 Å². The van der Waals surface area contributed by atoms with E-state index in [2.05, 4.69) is 29.1 Å². The Morgan fingerprint density at radius 2 is 2.21 bits per heavy atom. The van der Waals surface area contributed by atoms with E-state index in [1.807, 2.05) is 29.8 Å². The Hall–Kier alpha value is -2.91. The molecule has 3 aromatic rings. The van der Waals surface area contributed by atoms with E-state index in [0.29, 0.717) is 22.9 Å². The number of thiophene rings is 1. The van der Waals surface area contributed by atoms with Crippen molar-refractivity contribution in [1.29, 1.82) is 0 Å². The van der Waals surface area contributed by atoms with Crippen LogP contribution in [0.15, 0.2) is 30.9 Å². The molecule has 0 aliphatic rings. The van der Waals surface area contributed by atoms with Gasteiger partial charge in [0.1, 0.15) is 4.88 Å². The zero-order valence-corrected chi connectivity index (χ0v) is 18.1. The third-order valence-electron chi connectivity index (χ3n) is 4.31. The number of nitrogens with zero attached hydrogens (tertiary/aromatic N) is 4. The lowest BCUT2D eigenvalue weighted by Crippen LogP contribution is -2.19. The van der Waals surface area contributed by atoms with Crippen molar-refractivity contribution in [2.24, 2.45) is 5.84 Å². The summed E-state index contributed by atoms with van der Waals surface area (Å²) < 4.78 is 7.16. The lowest BCUT2D eigenvalue weighted by Gasteiger charge is -2.09. The number of ether oxygens (including phenoxy) is 1. The molecule has 3 aromatic heterocycles. The number of hydrazine groups is 1. The second-order valence-corrected chi connectivity index (χ2v) is 8.04. The number of hydrogen-bond acceptors (Lipinski definition) is 8. The van der Waals surface area contributed by atoms with Crippen LogP contribution in [0.5, 0.6) is 0 Å². The molecule has 0 bridgehead atoms. The Morgan fingerprint density at radius 1 is 1.45 bits per heavy atom. The van der Waals surface area contributed by atoms with E-state index in [0.717, 1.165) is 21.8 Å². The molecule has 9 heteroatoms. The number of nitrogens with two attached hydrogens (primary N) is 1. The van der Waals surface area contributed by atoms with Gasteiger partial charge in [-0.25, -0.2) is 20.6 Å². The maximum Gasteiger partial charge on any atom is 0.348 e. The molecule has 3 heterocycles. The molecule has 0 aliphatic heterocycles. The third-order valence-corrected chi connectivity index (χ3v) is 5.36. The number of rotatable bonds is 7. The first-order valence-corrected chi connectivity index (χ1v) is 10.2. The minimum absolute atomic E-state index is 0.198. The van der Waals surface area contributed by atoms with E-state index in [4.69, 9.17) is 10.6 Å². The first-order chi connectivity index (χ1) is 13.8. The Labute approximate surface area is 174 Å². The van der Waals surface area contributed by atoms with E-state index >= 15 is 0 Å². The normalized spacial score (nSPS) is 11.9. The molecule has 8 nitrogen and oxygen atoms in total. The fraction of sp³-hybridized carbons (Fsp3) is 0.350. The minimum atomic E-state index is -0.296. The van der Waals surface area contributed by atoms with Crippen molar-refractivity contribution >= 4 is 39.3 Å². The van der Waals surface area contributed by atoms with Gasteiger partial charge in [-0.15, -0.1) is 11.3 Å². The summed E-state index contributed by atoms with van der Waals surface area (Å²) in [6, 6.07) is 1.98. The minimum Gasteiger partial charge on any atom is -0.462 e. The van der Waals surface area contributed by atoms with Crippen molar-refractivity contribution in [1.82, 2.24) is 19.4 Å². The SMILES string of the molecule is CCOC(=O)c1sc(Nc2nccn3c(/C(C)=C/N(C)N)cnc23)cc1C(C)C. The van der Waals surface area contributed by atoms with Crippen LogP contribution in [-0.2, 0) is 4.74 Å². The van der Waals surface area contributed by atoms with Crippen molar-refractivity contribution in [3.63, 3.8) is 0 Å². The van der Waals surface area contributed by atoms with Crippen molar-refractivity contribution in [2.75, 3.05) is 19.0 Å². The summed E-state index contributed by atoms with van der Waals surface area (Å²) in [5, 5.41) is 5.63. The van der Waals surface area contributed by atoms with Crippen molar-refractivity contribution < 1.29 is 9.53 Å². The summed E-state index contributed by atoms with van der Waals surface area (Å²) in [6.45, 7) is 8.23. The van der Waals surface area contributed by atoms with Gasteiger partial charge in [-0.1, -0.05) is 13.8 Å². The van der Waals surface area contributed by atoms with Gasteiger partial charge in [-0.05, 0) is 37.0 Å². The number of allylic oxidation sites excluding steroid dienone is 1. The first kappa shape index (κ1) is 20.8. The summed E-state index contributed by atoms with van der Waals surface area (Å²) in [5.74, 6) is 6.24. The predicted octanol–water partition coefficient (Wildman–Crippen LogP) is 4.00. The van der Waals surface area contributed by atoms with Crippen LogP contribution < -0.4 is 11.2 Å². The smallest absolute Gasteiger partial charge is 0.348 e. The molecule has 0 saturated heterocycles. The van der Waals surface area contributed by atoms with E-state index in [9.17, 15) is 4.79 Å².